The Labute approximate surface area is 168 Å². The standard InChI is InChI=1S/C22H19N3O2S/c1-4-12-8-11-16-18(15(12)5-2)17(13-6-9-14(26-3)10-7-13)19-20(23)24-22(28)25-21(19)27-16/h4-11,17H,1-2H2,3H3,(H3,23,24,25,28). The maximum absolute atomic E-state index is 6.33. The third-order valence-electron chi connectivity index (χ3n) is 4.90. The van der Waals surface area contributed by atoms with Crippen molar-refractivity contribution in [2.45, 2.75) is 5.92 Å². The van der Waals surface area contributed by atoms with Crippen molar-refractivity contribution in [1.82, 2.24) is 9.97 Å². The number of aromatic nitrogens is 2. The quantitative estimate of drug-likeness (QED) is 0.463. The summed E-state index contributed by atoms with van der Waals surface area (Å²) in [5, 5.41) is 0. The van der Waals surface area contributed by atoms with Crippen LogP contribution in [0.3, 0.4) is 0 Å². The van der Waals surface area contributed by atoms with E-state index in [1.165, 1.54) is 0 Å². The van der Waals surface area contributed by atoms with E-state index in [2.05, 4.69) is 23.1 Å². The van der Waals surface area contributed by atoms with Gasteiger partial charge in [0.25, 0.3) is 0 Å². The lowest BCUT2D eigenvalue weighted by Gasteiger charge is -2.30. The first-order valence-electron chi connectivity index (χ1n) is 8.70. The Hall–Kier alpha value is -3.38. The lowest BCUT2D eigenvalue weighted by Crippen LogP contribution is -2.17. The van der Waals surface area contributed by atoms with Gasteiger partial charge in [-0.1, -0.05) is 43.5 Å². The Morgan fingerprint density at radius 3 is 2.54 bits per heavy atom. The molecule has 0 spiro atoms. The van der Waals surface area contributed by atoms with E-state index in [1.54, 1.807) is 13.2 Å². The first-order chi connectivity index (χ1) is 13.6. The van der Waals surface area contributed by atoms with E-state index in [1.807, 2.05) is 42.5 Å². The molecular formula is C22H19N3O2S. The highest BCUT2D eigenvalue weighted by Gasteiger charge is 2.34. The Morgan fingerprint density at radius 1 is 1.14 bits per heavy atom. The highest BCUT2D eigenvalue weighted by molar-refractivity contribution is 7.71. The Balaban J connectivity index is 2.06. The predicted octanol–water partition coefficient (Wildman–Crippen LogP) is 5.30. The van der Waals surface area contributed by atoms with Gasteiger partial charge in [0.1, 0.15) is 17.3 Å². The number of nitrogens with one attached hydrogen (secondary N) is 1. The second-order valence-electron chi connectivity index (χ2n) is 6.37. The molecule has 0 bridgehead atoms. The second-order valence-corrected chi connectivity index (χ2v) is 6.76. The van der Waals surface area contributed by atoms with Crippen molar-refractivity contribution in [2.75, 3.05) is 12.8 Å². The number of nitrogens with zero attached hydrogens (tertiary/aromatic N) is 1. The molecule has 0 radical (unpaired) electrons. The summed E-state index contributed by atoms with van der Waals surface area (Å²) >= 11 is 5.19. The SMILES string of the molecule is C=Cc1ccc2c(c1C=C)C(c1ccc(OC)cc1)c1c(nc(=S)[nH]c1N)O2. The number of anilines is 1. The molecular weight excluding hydrogens is 370 g/mol. The minimum Gasteiger partial charge on any atom is -0.497 e. The molecule has 0 aliphatic carbocycles. The molecule has 1 aliphatic heterocycles. The van der Waals surface area contributed by atoms with E-state index in [-0.39, 0.29) is 10.7 Å². The molecule has 1 aromatic heterocycles. The summed E-state index contributed by atoms with van der Waals surface area (Å²) in [4.78, 5) is 7.32. The van der Waals surface area contributed by atoms with E-state index in [0.29, 0.717) is 17.4 Å². The zero-order chi connectivity index (χ0) is 19.8. The minimum atomic E-state index is -0.211. The number of hydrogen-bond donors (Lipinski definition) is 2. The van der Waals surface area contributed by atoms with E-state index in [4.69, 9.17) is 27.4 Å². The number of nitrogens with two attached hydrogens (primary N) is 1. The van der Waals surface area contributed by atoms with Crippen LogP contribution in [0.25, 0.3) is 12.2 Å². The predicted molar refractivity (Wildman–Crippen MR) is 114 cm³/mol. The highest BCUT2D eigenvalue weighted by atomic mass is 32.1. The Kier molecular flexibility index (Phi) is 4.49. The lowest BCUT2D eigenvalue weighted by atomic mass is 9.80. The fourth-order valence-corrected chi connectivity index (χ4v) is 3.83. The second kappa shape index (κ2) is 6.98. The summed E-state index contributed by atoms with van der Waals surface area (Å²) in [5.41, 5.74) is 11.0. The number of rotatable bonds is 4. The Bertz CT molecular complexity index is 1150. The summed E-state index contributed by atoms with van der Waals surface area (Å²) < 4.78 is 11.7. The first-order valence-corrected chi connectivity index (χ1v) is 9.11. The van der Waals surface area contributed by atoms with Gasteiger partial charge in [-0.3, -0.25) is 0 Å². The third kappa shape index (κ3) is 2.78. The zero-order valence-electron chi connectivity index (χ0n) is 15.4. The van der Waals surface area contributed by atoms with Gasteiger partial charge in [0.05, 0.1) is 12.7 Å². The number of methoxy groups -OCH3 is 1. The van der Waals surface area contributed by atoms with Gasteiger partial charge in [-0.15, -0.1) is 0 Å². The summed E-state index contributed by atoms with van der Waals surface area (Å²) in [6.07, 6.45) is 3.62. The van der Waals surface area contributed by atoms with Crippen molar-refractivity contribution in [3.05, 3.63) is 82.1 Å². The molecule has 2 heterocycles. The van der Waals surface area contributed by atoms with Crippen molar-refractivity contribution < 1.29 is 9.47 Å². The smallest absolute Gasteiger partial charge is 0.229 e. The molecule has 3 N–H and O–H groups in total. The van der Waals surface area contributed by atoms with Gasteiger partial charge >= 0.3 is 0 Å². The van der Waals surface area contributed by atoms with Crippen molar-refractivity contribution in [2.24, 2.45) is 0 Å². The van der Waals surface area contributed by atoms with E-state index >= 15 is 0 Å². The van der Waals surface area contributed by atoms with Gasteiger partial charge in [-0.2, -0.15) is 4.98 Å². The van der Waals surface area contributed by atoms with Gasteiger partial charge < -0.3 is 20.2 Å². The van der Waals surface area contributed by atoms with Gasteiger partial charge in [-0.25, -0.2) is 0 Å². The number of H-pyrrole nitrogens is 1. The molecule has 1 atom stereocenters. The summed E-state index contributed by atoms with van der Waals surface area (Å²) in [6, 6.07) is 11.7. The minimum absolute atomic E-state index is 0.211. The summed E-state index contributed by atoms with van der Waals surface area (Å²) in [7, 11) is 1.64. The summed E-state index contributed by atoms with van der Waals surface area (Å²) in [5.74, 6) is 2.10. The number of hydrogen-bond acceptors (Lipinski definition) is 5. The molecule has 140 valence electrons. The fourth-order valence-electron chi connectivity index (χ4n) is 3.64. The molecule has 0 amide bonds. The number of ether oxygens (including phenoxy) is 2. The van der Waals surface area contributed by atoms with Crippen LogP contribution in [0.4, 0.5) is 5.82 Å². The third-order valence-corrected chi connectivity index (χ3v) is 5.10. The number of fused-ring (bicyclic) bond motifs is 2. The van der Waals surface area contributed by atoms with Crippen molar-refractivity contribution >= 4 is 30.2 Å². The molecule has 0 fully saturated rings. The molecule has 6 heteroatoms. The van der Waals surface area contributed by atoms with Crippen LogP contribution in [0, 0.1) is 4.77 Å². The fraction of sp³-hybridized carbons (Fsp3) is 0.0909. The van der Waals surface area contributed by atoms with E-state index in [9.17, 15) is 0 Å². The van der Waals surface area contributed by atoms with E-state index < -0.39 is 0 Å². The van der Waals surface area contributed by atoms with Crippen LogP contribution in [0.1, 0.15) is 33.7 Å². The van der Waals surface area contributed by atoms with Gasteiger partial charge in [0.15, 0.2) is 0 Å². The topological polar surface area (TPSA) is 73.2 Å². The van der Waals surface area contributed by atoms with Crippen LogP contribution in [0.2, 0.25) is 0 Å². The van der Waals surface area contributed by atoms with Crippen LogP contribution in [-0.2, 0) is 0 Å². The Morgan fingerprint density at radius 2 is 1.89 bits per heavy atom. The molecule has 1 unspecified atom stereocenters. The maximum atomic E-state index is 6.33. The van der Waals surface area contributed by atoms with Gasteiger partial charge in [0, 0.05) is 11.5 Å². The normalized spacial score (nSPS) is 14.4. The van der Waals surface area contributed by atoms with E-state index in [0.717, 1.165) is 33.6 Å². The lowest BCUT2D eigenvalue weighted by molar-refractivity contribution is 0.414. The monoisotopic (exact) mass is 389 g/mol. The van der Waals surface area contributed by atoms with Crippen molar-refractivity contribution in [1.29, 1.82) is 0 Å². The number of benzene rings is 2. The zero-order valence-corrected chi connectivity index (χ0v) is 16.2. The molecule has 0 saturated heterocycles. The molecule has 2 aromatic carbocycles. The molecule has 3 aromatic rings. The molecule has 5 nitrogen and oxygen atoms in total. The molecule has 4 rings (SSSR count). The van der Waals surface area contributed by atoms with Crippen molar-refractivity contribution in [3.63, 3.8) is 0 Å². The van der Waals surface area contributed by atoms with Crippen LogP contribution >= 0.6 is 12.2 Å². The van der Waals surface area contributed by atoms with Gasteiger partial charge in [0.2, 0.25) is 10.7 Å². The maximum Gasteiger partial charge on any atom is 0.229 e. The van der Waals surface area contributed by atoms with Gasteiger partial charge in [-0.05, 0) is 47.1 Å². The molecule has 28 heavy (non-hydrogen) atoms. The average molecular weight is 389 g/mol. The first kappa shape index (κ1) is 18.0. The van der Waals surface area contributed by atoms with Crippen LogP contribution < -0.4 is 15.2 Å². The largest absolute Gasteiger partial charge is 0.497 e. The van der Waals surface area contributed by atoms with Crippen LogP contribution in [-0.4, -0.2) is 17.1 Å². The van der Waals surface area contributed by atoms with Crippen molar-refractivity contribution in [3.8, 4) is 17.4 Å². The van der Waals surface area contributed by atoms with Crippen LogP contribution in [0.5, 0.6) is 17.4 Å². The number of aromatic amines is 1. The average Bonchev–Trinajstić information content (AvgIpc) is 2.71. The molecule has 1 aliphatic rings. The summed E-state index contributed by atoms with van der Waals surface area (Å²) in [6.45, 7) is 7.92. The highest BCUT2D eigenvalue weighted by Crippen LogP contribution is 2.50. The van der Waals surface area contributed by atoms with Crippen LogP contribution in [0.15, 0.2) is 49.6 Å². The number of nitrogen functional groups attached to an aromatic ring is 1. The molecule has 0 saturated carbocycles.